The van der Waals surface area contributed by atoms with Gasteiger partial charge in [0, 0.05) is 24.2 Å². The van der Waals surface area contributed by atoms with Crippen LogP contribution in [0.2, 0.25) is 0 Å². The molecule has 2 heterocycles. The van der Waals surface area contributed by atoms with E-state index in [1.165, 1.54) is 0 Å². The third kappa shape index (κ3) is 1.07. The summed E-state index contributed by atoms with van der Waals surface area (Å²) in [5.74, 6) is 0.642. The molecule has 0 unspecified atom stereocenters. The molecular formula is C8H7N3O. The summed E-state index contributed by atoms with van der Waals surface area (Å²) in [6.45, 7) is 0.566. The second-order valence-corrected chi connectivity index (χ2v) is 2.50. The Labute approximate surface area is 69.6 Å². The minimum Gasteiger partial charge on any atom is -0.313 e. The summed E-state index contributed by atoms with van der Waals surface area (Å²) in [6, 6.07) is 0. The highest BCUT2D eigenvalue weighted by Gasteiger charge is 2.14. The van der Waals surface area contributed by atoms with Crippen LogP contribution in [0, 0.1) is 0 Å². The molecule has 0 bridgehead atoms. The molecule has 0 radical (unpaired) electrons. The zero-order valence-corrected chi connectivity index (χ0v) is 6.34. The summed E-state index contributed by atoms with van der Waals surface area (Å²) in [7, 11) is 0. The monoisotopic (exact) mass is 161 g/mol. The summed E-state index contributed by atoms with van der Waals surface area (Å²) in [5, 5.41) is 0. The fourth-order valence-electron chi connectivity index (χ4n) is 1.07. The lowest BCUT2D eigenvalue weighted by atomic mass is 10.2. The van der Waals surface area contributed by atoms with Crippen molar-refractivity contribution in [2.24, 2.45) is 9.98 Å². The van der Waals surface area contributed by atoms with Gasteiger partial charge in [0.25, 0.3) is 0 Å². The third-order valence-corrected chi connectivity index (χ3v) is 1.65. The highest BCUT2D eigenvalue weighted by Crippen LogP contribution is 2.09. The van der Waals surface area contributed by atoms with Gasteiger partial charge in [0.1, 0.15) is 6.29 Å². The molecule has 12 heavy (non-hydrogen) atoms. The van der Waals surface area contributed by atoms with Crippen LogP contribution in [0.5, 0.6) is 0 Å². The molecule has 0 spiro atoms. The van der Waals surface area contributed by atoms with Crippen molar-refractivity contribution in [3.63, 3.8) is 0 Å². The second-order valence-electron chi connectivity index (χ2n) is 2.50. The Kier molecular flexibility index (Phi) is 1.59. The van der Waals surface area contributed by atoms with Crippen LogP contribution >= 0.6 is 0 Å². The first-order valence-corrected chi connectivity index (χ1v) is 3.59. The fraction of sp³-hybridized carbons (Fsp3) is 0.125. The Morgan fingerprint density at radius 1 is 1.58 bits per heavy atom. The van der Waals surface area contributed by atoms with Crippen molar-refractivity contribution in [1.82, 2.24) is 4.90 Å². The molecule has 60 valence electrons. The predicted molar refractivity (Wildman–Crippen MR) is 45.9 cm³/mol. The molecule has 0 aromatic heterocycles. The molecule has 2 aliphatic rings. The Bertz CT molecular complexity index is 325. The molecular weight excluding hydrogens is 154 g/mol. The summed E-state index contributed by atoms with van der Waals surface area (Å²) < 4.78 is 0. The maximum atomic E-state index is 10.4. The first-order valence-electron chi connectivity index (χ1n) is 3.59. The number of allylic oxidation sites excluding steroid dienone is 1. The van der Waals surface area contributed by atoms with E-state index in [0.29, 0.717) is 18.1 Å². The zero-order chi connectivity index (χ0) is 8.39. The summed E-state index contributed by atoms with van der Waals surface area (Å²) in [5.41, 5.74) is 0.667. The smallest absolute Gasteiger partial charge is 0.229 e. The number of aliphatic imine (C=N–C) groups is 2. The van der Waals surface area contributed by atoms with Gasteiger partial charge in [0.2, 0.25) is 5.96 Å². The normalized spacial score (nSPS) is 19.8. The number of guanidine groups is 1. The van der Waals surface area contributed by atoms with E-state index < -0.39 is 0 Å². The summed E-state index contributed by atoms with van der Waals surface area (Å²) >= 11 is 0. The van der Waals surface area contributed by atoms with Crippen molar-refractivity contribution < 1.29 is 4.79 Å². The van der Waals surface area contributed by atoms with Crippen LogP contribution in [-0.4, -0.2) is 29.9 Å². The largest absolute Gasteiger partial charge is 0.313 e. The van der Waals surface area contributed by atoms with E-state index in [1.807, 2.05) is 17.2 Å². The topological polar surface area (TPSA) is 45.0 Å². The Hall–Kier alpha value is -1.71. The molecule has 0 N–H and O–H groups in total. The molecule has 0 saturated heterocycles. The van der Waals surface area contributed by atoms with Gasteiger partial charge in [-0.2, -0.15) is 0 Å². The van der Waals surface area contributed by atoms with Gasteiger partial charge in [0.15, 0.2) is 0 Å². The number of fused-ring (bicyclic) bond motifs is 1. The van der Waals surface area contributed by atoms with Gasteiger partial charge < -0.3 is 4.90 Å². The van der Waals surface area contributed by atoms with E-state index >= 15 is 0 Å². The average Bonchev–Trinajstić information content (AvgIpc) is 2.17. The highest BCUT2D eigenvalue weighted by atomic mass is 16.1. The average molecular weight is 161 g/mol. The van der Waals surface area contributed by atoms with Crippen LogP contribution < -0.4 is 0 Å². The molecule has 4 heteroatoms. The maximum absolute atomic E-state index is 10.4. The van der Waals surface area contributed by atoms with Crippen molar-refractivity contribution in [3.8, 4) is 0 Å². The van der Waals surface area contributed by atoms with E-state index in [0.717, 1.165) is 6.29 Å². The SMILES string of the molecule is O=CC1=CN=C2N=CC=CN2C1. The maximum Gasteiger partial charge on any atom is 0.229 e. The van der Waals surface area contributed by atoms with E-state index in [1.54, 1.807) is 12.4 Å². The van der Waals surface area contributed by atoms with Crippen molar-refractivity contribution in [3.05, 3.63) is 24.0 Å². The summed E-state index contributed by atoms with van der Waals surface area (Å²) in [6.07, 6.45) is 7.70. The van der Waals surface area contributed by atoms with Gasteiger partial charge in [-0.15, -0.1) is 0 Å². The molecule has 0 saturated carbocycles. The molecule has 2 aliphatic heterocycles. The number of carbonyl (C=O) groups is 1. The van der Waals surface area contributed by atoms with Gasteiger partial charge >= 0.3 is 0 Å². The summed E-state index contributed by atoms with van der Waals surface area (Å²) in [4.78, 5) is 20.3. The first-order chi connectivity index (χ1) is 5.90. The predicted octanol–water partition coefficient (Wildman–Crippen LogP) is 0.339. The van der Waals surface area contributed by atoms with Crippen molar-refractivity contribution in [2.75, 3.05) is 6.54 Å². The Morgan fingerprint density at radius 2 is 2.50 bits per heavy atom. The second kappa shape index (κ2) is 2.73. The molecule has 4 nitrogen and oxygen atoms in total. The van der Waals surface area contributed by atoms with Crippen LogP contribution in [0.1, 0.15) is 0 Å². The molecule has 0 atom stereocenters. The number of hydrogen-bond donors (Lipinski definition) is 0. The number of carbonyl (C=O) groups excluding carboxylic acids is 1. The standard InChI is InChI=1S/C8H7N3O/c12-6-7-4-10-8-9-2-1-3-11(8)5-7/h1-4,6H,5H2. The Balaban J connectivity index is 2.31. The fourth-order valence-corrected chi connectivity index (χ4v) is 1.07. The molecule has 0 aromatic carbocycles. The lowest BCUT2D eigenvalue weighted by Gasteiger charge is -2.23. The lowest BCUT2D eigenvalue weighted by molar-refractivity contribution is -0.105. The first kappa shape index (κ1) is 6.97. The minimum absolute atomic E-state index is 0.566. The van der Waals surface area contributed by atoms with Crippen LogP contribution in [0.4, 0.5) is 0 Å². The van der Waals surface area contributed by atoms with E-state index in [2.05, 4.69) is 9.98 Å². The van der Waals surface area contributed by atoms with Crippen LogP contribution in [0.25, 0.3) is 0 Å². The molecule has 0 fully saturated rings. The lowest BCUT2D eigenvalue weighted by Crippen LogP contribution is -2.30. The molecule has 0 amide bonds. The van der Waals surface area contributed by atoms with Gasteiger partial charge in [-0.3, -0.25) is 4.79 Å². The van der Waals surface area contributed by atoms with Crippen molar-refractivity contribution in [1.29, 1.82) is 0 Å². The van der Waals surface area contributed by atoms with Gasteiger partial charge in [0.05, 0.1) is 6.54 Å². The van der Waals surface area contributed by atoms with Crippen LogP contribution in [-0.2, 0) is 4.79 Å². The van der Waals surface area contributed by atoms with E-state index in [9.17, 15) is 4.79 Å². The van der Waals surface area contributed by atoms with E-state index in [-0.39, 0.29) is 0 Å². The van der Waals surface area contributed by atoms with Gasteiger partial charge in [-0.05, 0) is 6.08 Å². The Morgan fingerprint density at radius 3 is 3.33 bits per heavy atom. The van der Waals surface area contributed by atoms with Crippen molar-refractivity contribution >= 4 is 18.5 Å². The molecule has 0 aliphatic carbocycles. The molecule has 2 rings (SSSR count). The third-order valence-electron chi connectivity index (χ3n) is 1.65. The molecule has 0 aromatic rings. The van der Waals surface area contributed by atoms with Gasteiger partial charge in [-0.1, -0.05) is 0 Å². The number of hydrogen-bond acceptors (Lipinski definition) is 4. The zero-order valence-electron chi connectivity index (χ0n) is 6.34. The highest BCUT2D eigenvalue weighted by molar-refractivity contribution is 5.96. The van der Waals surface area contributed by atoms with E-state index in [4.69, 9.17) is 0 Å². The minimum atomic E-state index is 0.566. The quantitative estimate of drug-likeness (QED) is 0.520. The number of rotatable bonds is 1. The van der Waals surface area contributed by atoms with Crippen molar-refractivity contribution in [2.45, 2.75) is 0 Å². The number of nitrogens with zero attached hydrogens (tertiary/aromatic N) is 3. The van der Waals surface area contributed by atoms with Gasteiger partial charge in [-0.25, -0.2) is 9.98 Å². The number of aldehydes is 1. The van der Waals surface area contributed by atoms with Crippen LogP contribution in [0.15, 0.2) is 34.0 Å². The van der Waals surface area contributed by atoms with Crippen LogP contribution in [0.3, 0.4) is 0 Å².